The summed E-state index contributed by atoms with van der Waals surface area (Å²) in [6, 6.07) is 62.3. The largest absolute Gasteiger partial charge is 0.0622 e. The Bertz CT molecular complexity index is 2470. The van der Waals surface area contributed by atoms with Gasteiger partial charge in [-0.05, 0) is 99.4 Å². The van der Waals surface area contributed by atoms with E-state index in [2.05, 4.69) is 170 Å². The first-order chi connectivity index (χ1) is 21.8. The quantitative estimate of drug-likeness (QED) is 0.150. The molecule has 204 valence electrons. The average Bonchev–Trinajstić information content (AvgIpc) is 3.10. The van der Waals surface area contributed by atoms with Crippen LogP contribution in [-0.4, -0.2) is 0 Å². The van der Waals surface area contributed by atoms with E-state index >= 15 is 0 Å². The van der Waals surface area contributed by atoms with Crippen LogP contribution < -0.4 is 0 Å². The number of hydrogen-bond donors (Lipinski definition) is 0. The number of benzene rings is 9. The predicted molar refractivity (Wildman–Crippen MR) is 190 cm³/mol. The maximum Gasteiger partial charge on any atom is -0.00199 e. The molecule has 0 heteroatoms. The molecule has 0 nitrogen and oxygen atoms in total. The molecule has 0 aliphatic rings. The van der Waals surface area contributed by atoms with Gasteiger partial charge in [0.25, 0.3) is 0 Å². The Labute approximate surface area is 256 Å². The van der Waals surface area contributed by atoms with E-state index in [4.69, 9.17) is 0 Å². The standard InChI is InChI=1S/C44H28/c1-2-14-30(15-3-1)43-38-20-8-10-22-40(38)44(41-23-11-9-21-39(41)43)42-28-32-27-31(25-26-35(32)36-18-6-7-19-37(36)42)34-24-12-16-29-13-4-5-17-33(29)34/h1-28H. The SMILES string of the molecule is c1ccc(-c2c3ccccc3c(-c3cc4cc(-c5cccc6ccccc56)ccc4c4ccccc34)c3ccccc23)cc1. The van der Waals surface area contributed by atoms with Gasteiger partial charge < -0.3 is 0 Å². The highest BCUT2D eigenvalue weighted by atomic mass is 14.2. The van der Waals surface area contributed by atoms with Crippen LogP contribution in [0.15, 0.2) is 170 Å². The Morgan fingerprint density at radius 2 is 0.773 bits per heavy atom. The highest BCUT2D eigenvalue weighted by Crippen LogP contribution is 2.46. The van der Waals surface area contributed by atoms with Gasteiger partial charge in [0.2, 0.25) is 0 Å². The van der Waals surface area contributed by atoms with Crippen LogP contribution in [0, 0.1) is 0 Å². The summed E-state index contributed by atoms with van der Waals surface area (Å²) in [6.45, 7) is 0. The molecule has 0 heterocycles. The van der Waals surface area contributed by atoms with Crippen LogP contribution in [-0.2, 0) is 0 Å². The fraction of sp³-hybridized carbons (Fsp3) is 0. The first-order valence-corrected chi connectivity index (χ1v) is 15.3. The molecule has 0 bridgehead atoms. The van der Waals surface area contributed by atoms with Crippen LogP contribution in [0.2, 0.25) is 0 Å². The molecule has 0 radical (unpaired) electrons. The van der Waals surface area contributed by atoms with E-state index in [1.54, 1.807) is 0 Å². The van der Waals surface area contributed by atoms with Crippen LogP contribution in [0.1, 0.15) is 0 Å². The van der Waals surface area contributed by atoms with E-state index in [-0.39, 0.29) is 0 Å². The lowest BCUT2D eigenvalue weighted by atomic mass is 9.83. The van der Waals surface area contributed by atoms with Gasteiger partial charge in [-0.25, -0.2) is 0 Å². The molecule has 0 fully saturated rings. The molecule has 0 aliphatic heterocycles. The highest BCUT2D eigenvalue weighted by Gasteiger charge is 2.19. The molecule has 0 spiro atoms. The molecule has 9 rings (SSSR count). The van der Waals surface area contributed by atoms with Gasteiger partial charge >= 0.3 is 0 Å². The van der Waals surface area contributed by atoms with E-state index in [0.717, 1.165) is 0 Å². The van der Waals surface area contributed by atoms with Crippen LogP contribution >= 0.6 is 0 Å². The predicted octanol–water partition coefficient (Wildman–Crippen LogP) is 12.5. The van der Waals surface area contributed by atoms with Crippen LogP contribution in [0.4, 0.5) is 0 Å². The monoisotopic (exact) mass is 556 g/mol. The van der Waals surface area contributed by atoms with Crippen LogP contribution in [0.5, 0.6) is 0 Å². The van der Waals surface area contributed by atoms with Crippen molar-refractivity contribution in [3.05, 3.63) is 170 Å². The second-order valence-electron chi connectivity index (χ2n) is 11.6. The van der Waals surface area contributed by atoms with Crippen molar-refractivity contribution in [2.24, 2.45) is 0 Å². The number of rotatable bonds is 3. The van der Waals surface area contributed by atoms with E-state index in [1.165, 1.54) is 87.2 Å². The van der Waals surface area contributed by atoms with E-state index in [0.29, 0.717) is 0 Å². The Kier molecular flexibility index (Phi) is 5.61. The Morgan fingerprint density at radius 1 is 0.227 bits per heavy atom. The minimum atomic E-state index is 1.24. The summed E-state index contributed by atoms with van der Waals surface area (Å²) in [5, 5.41) is 12.8. The molecule has 0 saturated carbocycles. The third-order valence-corrected chi connectivity index (χ3v) is 9.22. The topological polar surface area (TPSA) is 0 Å². The molecule has 9 aromatic carbocycles. The van der Waals surface area contributed by atoms with Crippen molar-refractivity contribution in [2.45, 2.75) is 0 Å². The number of hydrogen-bond acceptors (Lipinski definition) is 0. The summed E-state index contributed by atoms with van der Waals surface area (Å²) in [7, 11) is 0. The zero-order chi connectivity index (χ0) is 29.0. The fourth-order valence-electron chi connectivity index (χ4n) is 7.30. The summed E-state index contributed by atoms with van der Waals surface area (Å²) in [6.07, 6.45) is 0. The second kappa shape index (κ2) is 9.93. The minimum absolute atomic E-state index is 1.24. The summed E-state index contributed by atoms with van der Waals surface area (Å²) in [5.41, 5.74) is 7.62. The number of fused-ring (bicyclic) bond motifs is 6. The van der Waals surface area contributed by atoms with Gasteiger partial charge in [0, 0.05) is 0 Å². The van der Waals surface area contributed by atoms with Gasteiger partial charge in [-0.15, -0.1) is 0 Å². The molecule has 0 aliphatic carbocycles. The van der Waals surface area contributed by atoms with E-state index < -0.39 is 0 Å². The molecule has 0 aromatic heterocycles. The van der Waals surface area contributed by atoms with Gasteiger partial charge in [0.05, 0.1) is 0 Å². The Balaban J connectivity index is 1.40. The summed E-state index contributed by atoms with van der Waals surface area (Å²) >= 11 is 0. The Hall–Kier alpha value is -5.72. The van der Waals surface area contributed by atoms with Crippen molar-refractivity contribution in [3.8, 4) is 33.4 Å². The highest BCUT2D eigenvalue weighted by molar-refractivity contribution is 6.25. The van der Waals surface area contributed by atoms with Gasteiger partial charge in [-0.3, -0.25) is 0 Å². The Morgan fingerprint density at radius 3 is 1.48 bits per heavy atom. The first-order valence-electron chi connectivity index (χ1n) is 15.3. The average molecular weight is 557 g/mol. The van der Waals surface area contributed by atoms with Gasteiger partial charge in [0.1, 0.15) is 0 Å². The van der Waals surface area contributed by atoms with Gasteiger partial charge in [0.15, 0.2) is 0 Å². The van der Waals surface area contributed by atoms with E-state index in [9.17, 15) is 0 Å². The van der Waals surface area contributed by atoms with E-state index in [1.807, 2.05) is 0 Å². The molecule has 0 atom stereocenters. The maximum atomic E-state index is 2.43. The lowest BCUT2D eigenvalue weighted by molar-refractivity contribution is 1.66. The molecule has 0 unspecified atom stereocenters. The molecule has 0 saturated heterocycles. The van der Waals surface area contributed by atoms with Crippen molar-refractivity contribution in [2.75, 3.05) is 0 Å². The van der Waals surface area contributed by atoms with Gasteiger partial charge in [-0.2, -0.15) is 0 Å². The summed E-state index contributed by atoms with van der Waals surface area (Å²) < 4.78 is 0. The van der Waals surface area contributed by atoms with Crippen molar-refractivity contribution >= 4 is 53.9 Å². The zero-order valence-corrected chi connectivity index (χ0v) is 24.2. The molecule has 0 N–H and O–H groups in total. The summed E-state index contributed by atoms with van der Waals surface area (Å²) in [5.74, 6) is 0. The molecule has 9 aromatic rings. The molecular weight excluding hydrogens is 528 g/mol. The lowest BCUT2D eigenvalue weighted by Gasteiger charge is -2.20. The van der Waals surface area contributed by atoms with Crippen molar-refractivity contribution < 1.29 is 0 Å². The van der Waals surface area contributed by atoms with Crippen molar-refractivity contribution in [1.29, 1.82) is 0 Å². The third kappa shape index (κ3) is 3.78. The second-order valence-corrected chi connectivity index (χ2v) is 11.6. The fourth-order valence-corrected chi connectivity index (χ4v) is 7.30. The zero-order valence-electron chi connectivity index (χ0n) is 24.2. The molecule has 44 heavy (non-hydrogen) atoms. The molecule has 0 amide bonds. The maximum absolute atomic E-state index is 2.43. The lowest BCUT2D eigenvalue weighted by Crippen LogP contribution is -1.92. The van der Waals surface area contributed by atoms with Crippen molar-refractivity contribution in [1.82, 2.24) is 0 Å². The van der Waals surface area contributed by atoms with Crippen LogP contribution in [0.25, 0.3) is 87.2 Å². The smallest absolute Gasteiger partial charge is 0.00199 e. The third-order valence-electron chi connectivity index (χ3n) is 9.22. The molecular formula is C44H28. The van der Waals surface area contributed by atoms with Crippen molar-refractivity contribution in [3.63, 3.8) is 0 Å². The first kappa shape index (κ1) is 24.8. The normalized spacial score (nSPS) is 11.6. The summed E-state index contributed by atoms with van der Waals surface area (Å²) in [4.78, 5) is 0. The van der Waals surface area contributed by atoms with Gasteiger partial charge in [-0.1, -0.05) is 158 Å². The van der Waals surface area contributed by atoms with Crippen LogP contribution in [0.3, 0.4) is 0 Å². The minimum Gasteiger partial charge on any atom is -0.0622 e.